The van der Waals surface area contributed by atoms with Crippen molar-refractivity contribution in [2.24, 2.45) is 0 Å². The molecule has 0 aliphatic carbocycles. The van der Waals surface area contributed by atoms with Crippen LogP contribution in [0.3, 0.4) is 0 Å². The lowest BCUT2D eigenvalue weighted by Gasteiger charge is -2.18. The van der Waals surface area contributed by atoms with E-state index in [1.165, 1.54) is 6.92 Å². The van der Waals surface area contributed by atoms with Crippen molar-refractivity contribution in [3.05, 3.63) is 29.6 Å². The molecule has 1 aromatic rings. The Morgan fingerprint density at radius 2 is 2.05 bits per heavy atom. The number of halogens is 4. The number of nitrogens with zero attached hydrogens (tertiary/aromatic N) is 1. The molecular weight excluding hydrogens is 310 g/mol. The van der Waals surface area contributed by atoms with E-state index >= 15 is 0 Å². The number of carbonyl (C=O) groups is 2. The van der Waals surface area contributed by atoms with Crippen molar-refractivity contribution in [3.63, 3.8) is 0 Å². The molecule has 1 saturated heterocycles. The van der Waals surface area contributed by atoms with Gasteiger partial charge in [-0.25, -0.2) is 4.39 Å². The third-order valence-corrected chi connectivity index (χ3v) is 3.97. The lowest BCUT2D eigenvalue weighted by molar-refractivity contribution is -0.137. The molecule has 1 heterocycles. The van der Waals surface area contributed by atoms with Crippen LogP contribution in [0.15, 0.2) is 18.2 Å². The second-order valence-corrected chi connectivity index (χ2v) is 6.08. The lowest BCUT2D eigenvalue weighted by Crippen LogP contribution is -2.26. The van der Waals surface area contributed by atoms with Crippen molar-refractivity contribution in [3.8, 4) is 0 Å². The predicted octanol–water partition coefficient (Wildman–Crippen LogP) is 3.23. The summed E-state index contributed by atoms with van der Waals surface area (Å²) in [5, 5.41) is -0.473. The molecule has 1 aromatic carbocycles. The normalized spacial score (nSPS) is 19.2. The summed E-state index contributed by atoms with van der Waals surface area (Å²) in [5.41, 5.74) is -1.30. The molecule has 0 spiro atoms. The average molecular weight is 321 g/mol. The van der Waals surface area contributed by atoms with Gasteiger partial charge in [-0.3, -0.25) is 9.59 Å². The van der Waals surface area contributed by atoms with Gasteiger partial charge in [-0.2, -0.15) is 13.2 Å². The van der Waals surface area contributed by atoms with Gasteiger partial charge in [-0.05, 0) is 18.2 Å². The summed E-state index contributed by atoms with van der Waals surface area (Å²) in [5.74, 6) is -1.51. The number of benzene rings is 1. The van der Waals surface area contributed by atoms with Gasteiger partial charge in [0.15, 0.2) is 5.12 Å². The van der Waals surface area contributed by atoms with Crippen molar-refractivity contribution in [2.75, 3.05) is 11.4 Å². The Morgan fingerprint density at radius 1 is 1.38 bits per heavy atom. The van der Waals surface area contributed by atoms with Gasteiger partial charge in [0, 0.05) is 25.1 Å². The minimum absolute atomic E-state index is 0.0602. The Balaban J connectivity index is 2.23. The van der Waals surface area contributed by atoms with Gasteiger partial charge in [-0.15, -0.1) is 0 Å². The first-order chi connectivity index (χ1) is 9.68. The van der Waals surface area contributed by atoms with E-state index in [-0.39, 0.29) is 29.0 Å². The molecule has 114 valence electrons. The maximum Gasteiger partial charge on any atom is 0.416 e. The fourth-order valence-corrected chi connectivity index (χ4v) is 3.04. The minimum Gasteiger partial charge on any atom is -0.308 e. The molecular formula is C13H11F4NO2S. The van der Waals surface area contributed by atoms with Gasteiger partial charge in [0.1, 0.15) is 5.82 Å². The molecule has 1 aliphatic rings. The Labute approximate surface area is 122 Å². The number of rotatable bonds is 2. The van der Waals surface area contributed by atoms with E-state index in [1.54, 1.807) is 0 Å². The first-order valence-electron chi connectivity index (χ1n) is 6.03. The Bertz CT molecular complexity index is 588. The molecule has 0 aromatic heterocycles. The van der Waals surface area contributed by atoms with Crippen LogP contribution in [-0.2, 0) is 15.8 Å². The third-order valence-electron chi connectivity index (χ3n) is 2.99. The maximum absolute atomic E-state index is 13.8. The standard InChI is InChI=1S/C13H11F4NO2S/c1-7(19)21-9-5-12(20)18(6-9)11-3-2-8(4-10(11)14)13(15,16)17/h2-4,9H,5-6H2,1H3. The van der Waals surface area contributed by atoms with E-state index in [4.69, 9.17) is 0 Å². The van der Waals surface area contributed by atoms with Crippen molar-refractivity contribution >= 4 is 28.5 Å². The SMILES string of the molecule is CC(=O)SC1CC(=O)N(c2ccc(C(F)(F)F)cc2F)C1. The van der Waals surface area contributed by atoms with Crippen molar-refractivity contribution < 1.29 is 27.2 Å². The molecule has 3 nitrogen and oxygen atoms in total. The predicted molar refractivity (Wildman–Crippen MR) is 70.4 cm³/mol. The van der Waals surface area contributed by atoms with Crippen molar-refractivity contribution in [1.29, 1.82) is 0 Å². The Kier molecular flexibility index (Phi) is 4.27. The molecule has 1 aliphatic heterocycles. The molecule has 1 unspecified atom stereocenters. The first-order valence-corrected chi connectivity index (χ1v) is 6.91. The van der Waals surface area contributed by atoms with Crippen molar-refractivity contribution in [2.45, 2.75) is 24.8 Å². The van der Waals surface area contributed by atoms with Gasteiger partial charge >= 0.3 is 6.18 Å². The van der Waals surface area contributed by atoms with Crippen LogP contribution in [-0.4, -0.2) is 22.8 Å². The van der Waals surface area contributed by atoms with Gasteiger partial charge in [0.25, 0.3) is 0 Å². The number of anilines is 1. The highest BCUT2D eigenvalue weighted by Crippen LogP contribution is 2.34. The quantitative estimate of drug-likeness (QED) is 0.785. The van der Waals surface area contributed by atoms with E-state index in [0.717, 1.165) is 28.8 Å². The number of amides is 1. The summed E-state index contributed by atoms with van der Waals surface area (Å²) in [4.78, 5) is 23.9. The smallest absolute Gasteiger partial charge is 0.308 e. The van der Waals surface area contributed by atoms with Crippen LogP contribution in [0.2, 0.25) is 0 Å². The maximum atomic E-state index is 13.8. The highest BCUT2D eigenvalue weighted by atomic mass is 32.2. The van der Waals surface area contributed by atoms with Gasteiger partial charge in [0.05, 0.1) is 11.3 Å². The largest absolute Gasteiger partial charge is 0.416 e. The topological polar surface area (TPSA) is 37.4 Å². The zero-order valence-electron chi connectivity index (χ0n) is 10.9. The van der Waals surface area contributed by atoms with Crippen LogP contribution in [0.25, 0.3) is 0 Å². The molecule has 1 fully saturated rings. The second kappa shape index (κ2) is 5.67. The van der Waals surface area contributed by atoms with Crippen LogP contribution in [0.5, 0.6) is 0 Å². The Morgan fingerprint density at radius 3 is 2.57 bits per heavy atom. The summed E-state index contributed by atoms with van der Waals surface area (Å²) in [6.45, 7) is 1.46. The fourth-order valence-electron chi connectivity index (χ4n) is 2.12. The fraction of sp³-hybridized carbons (Fsp3) is 0.385. The summed E-state index contributed by atoms with van der Waals surface area (Å²) in [7, 11) is 0. The molecule has 1 amide bonds. The lowest BCUT2D eigenvalue weighted by atomic mass is 10.2. The van der Waals surface area contributed by atoms with E-state index in [0.29, 0.717) is 6.07 Å². The minimum atomic E-state index is -4.64. The number of hydrogen-bond acceptors (Lipinski definition) is 3. The molecule has 1 atom stereocenters. The van der Waals surface area contributed by atoms with Crippen molar-refractivity contribution in [1.82, 2.24) is 0 Å². The molecule has 8 heteroatoms. The van der Waals surface area contributed by atoms with Gasteiger partial charge in [0.2, 0.25) is 5.91 Å². The summed E-state index contributed by atoms with van der Waals surface area (Å²) in [6.07, 6.45) is -4.58. The van der Waals surface area contributed by atoms with Crippen LogP contribution >= 0.6 is 11.8 Å². The van der Waals surface area contributed by atoms with Crippen LogP contribution in [0.4, 0.5) is 23.2 Å². The number of carbonyl (C=O) groups excluding carboxylic acids is 2. The molecule has 21 heavy (non-hydrogen) atoms. The van der Waals surface area contributed by atoms with Gasteiger partial charge in [-0.1, -0.05) is 11.8 Å². The number of alkyl halides is 3. The first kappa shape index (κ1) is 15.8. The number of thioether (sulfide) groups is 1. The third kappa shape index (κ3) is 3.55. The highest BCUT2D eigenvalue weighted by molar-refractivity contribution is 8.14. The molecule has 0 bridgehead atoms. The molecule has 0 N–H and O–H groups in total. The van der Waals surface area contributed by atoms with Crippen LogP contribution < -0.4 is 4.90 Å². The average Bonchev–Trinajstić information content (AvgIpc) is 2.67. The molecule has 0 radical (unpaired) electrons. The van der Waals surface area contributed by atoms with Crippen LogP contribution in [0, 0.1) is 5.82 Å². The number of hydrogen-bond donors (Lipinski definition) is 0. The van der Waals surface area contributed by atoms with Gasteiger partial charge < -0.3 is 4.90 Å². The zero-order chi connectivity index (χ0) is 15.8. The highest BCUT2D eigenvalue weighted by Gasteiger charge is 2.35. The summed E-state index contributed by atoms with van der Waals surface area (Å²) < 4.78 is 51.2. The van der Waals surface area contributed by atoms with E-state index in [9.17, 15) is 27.2 Å². The Hall–Kier alpha value is -1.57. The van der Waals surface area contributed by atoms with Crippen LogP contribution in [0.1, 0.15) is 18.9 Å². The van der Waals surface area contributed by atoms with E-state index < -0.39 is 23.5 Å². The van der Waals surface area contributed by atoms with E-state index in [2.05, 4.69) is 0 Å². The summed E-state index contributed by atoms with van der Waals surface area (Å²) in [6, 6.07) is 2.04. The zero-order valence-corrected chi connectivity index (χ0v) is 11.7. The molecule has 2 rings (SSSR count). The van der Waals surface area contributed by atoms with E-state index in [1.807, 2.05) is 0 Å². The molecule has 0 saturated carbocycles. The summed E-state index contributed by atoms with van der Waals surface area (Å²) >= 11 is 0.974. The second-order valence-electron chi connectivity index (χ2n) is 4.60. The monoisotopic (exact) mass is 321 g/mol.